The van der Waals surface area contributed by atoms with Gasteiger partial charge >= 0.3 is 0 Å². The summed E-state index contributed by atoms with van der Waals surface area (Å²) in [5.41, 5.74) is 3.86. The van der Waals surface area contributed by atoms with E-state index in [0.717, 1.165) is 34.2 Å². The molecule has 0 saturated heterocycles. The van der Waals surface area contributed by atoms with Crippen LogP contribution in [0.4, 0.5) is 0 Å². The Balaban J connectivity index is 1.75. The van der Waals surface area contributed by atoms with Gasteiger partial charge in [0.1, 0.15) is 11.6 Å². The molecule has 4 aromatic rings. The number of nitrogens with zero attached hydrogens (tertiary/aromatic N) is 5. The van der Waals surface area contributed by atoms with Crippen LogP contribution in [0.2, 0.25) is 5.02 Å². The number of fused-ring (bicyclic) bond motifs is 1. The molecule has 28 heavy (non-hydrogen) atoms. The van der Waals surface area contributed by atoms with Crippen LogP contribution in [0, 0.1) is 20.8 Å². The van der Waals surface area contributed by atoms with Crippen molar-refractivity contribution in [3.63, 3.8) is 0 Å². The maximum atomic E-state index is 12.7. The number of hydrogen-bond acceptors (Lipinski definition) is 4. The number of hydrogen-bond donors (Lipinski definition) is 1. The summed E-state index contributed by atoms with van der Waals surface area (Å²) in [4.78, 5) is 21.8. The second-order valence-electron chi connectivity index (χ2n) is 7.07. The van der Waals surface area contributed by atoms with Gasteiger partial charge in [0.15, 0.2) is 5.65 Å². The highest BCUT2D eigenvalue weighted by Gasteiger charge is 2.17. The summed E-state index contributed by atoms with van der Waals surface area (Å²) < 4.78 is 3.35. The largest absolute Gasteiger partial charge is 0.289 e. The normalized spacial score (nSPS) is 12.6. The molecule has 0 radical (unpaired) electrons. The van der Waals surface area contributed by atoms with Gasteiger partial charge in [0, 0.05) is 28.6 Å². The maximum Gasteiger partial charge on any atom is 0.272 e. The number of H-pyrrole nitrogens is 1. The fourth-order valence-electron chi connectivity index (χ4n) is 3.57. The number of aromatic nitrogens is 6. The van der Waals surface area contributed by atoms with E-state index in [1.165, 1.54) is 4.52 Å². The van der Waals surface area contributed by atoms with Crippen LogP contribution in [0.1, 0.15) is 35.9 Å². The first kappa shape index (κ1) is 18.4. The van der Waals surface area contributed by atoms with E-state index in [0.29, 0.717) is 17.1 Å². The Morgan fingerprint density at radius 1 is 1.18 bits per heavy atom. The minimum absolute atomic E-state index is 0.0437. The molecule has 144 valence electrons. The van der Waals surface area contributed by atoms with Gasteiger partial charge in [-0.25, -0.2) is 19.2 Å². The zero-order valence-corrected chi connectivity index (χ0v) is 16.9. The van der Waals surface area contributed by atoms with E-state index in [-0.39, 0.29) is 11.6 Å². The second-order valence-corrected chi connectivity index (χ2v) is 7.51. The van der Waals surface area contributed by atoms with Gasteiger partial charge in [-0.2, -0.15) is 5.10 Å². The van der Waals surface area contributed by atoms with Gasteiger partial charge in [-0.3, -0.25) is 9.89 Å². The fraction of sp³-hybridized carbons (Fsp3) is 0.300. The van der Waals surface area contributed by atoms with Crippen LogP contribution in [-0.4, -0.2) is 29.4 Å². The Hall–Kier alpha value is -2.93. The number of aryl methyl sites for hydroxylation is 3. The van der Waals surface area contributed by atoms with E-state index in [4.69, 9.17) is 16.6 Å². The number of halogens is 1. The highest BCUT2D eigenvalue weighted by atomic mass is 35.5. The predicted molar refractivity (Wildman–Crippen MR) is 109 cm³/mol. The maximum absolute atomic E-state index is 12.7. The third kappa shape index (κ3) is 3.22. The van der Waals surface area contributed by atoms with Gasteiger partial charge in [-0.15, -0.1) is 0 Å². The Bertz CT molecular complexity index is 1240. The molecule has 0 amide bonds. The van der Waals surface area contributed by atoms with Gasteiger partial charge in [0.25, 0.3) is 5.56 Å². The van der Waals surface area contributed by atoms with Gasteiger partial charge in [0.2, 0.25) is 0 Å². The molecule has 8 heteroatoms. The molecule has 3 aromatic heterocycles. The summed E-state index contributed by atoms with van der Waals surface area (Å²) >= 11 is 6.12. The van der Waals surface area contributed by atoms with Crippen LogP contribution in [-0.2, 0) is 6.42 Å². The van der Waals surface area contributed by atoms with E-state index in [1.54, 1.807) is 6.07 Å². The number of aromatic amines is 1. The lowest BCUT2D eigenvalue weighted by Gasteiger charge is -2.12. The van der Waals surface area contributed by atoms with Crippen LogP contribution in [0.5, 0.6) is 0 Å². The minimum atomic E-state index is -0.143. The first-order chi connectivity index (χ1) is 13.3. The van der Waals surface area contributed by atoms with E-state index in [9.17, 15) is 4.79 Å². The molecule has 0 aliphatic rings. The Kier molecular flexibility index (Phi) is 4.55. The lowest BCUT2D eigenvalue weighted by molar-refractivity contribution is 0.469. The minimum Gasteiger partial charge on any atom is -0.289 e. The third-order valence-electron chi connectivity index (χ3n) is 4.85. The van der Waals surface area contributed by atoms with Crippen molar-refractivity contribution in [2.24, 2.45) is 0 Å². The van der Waals surface area contributed by atoms with E-state index >= 15 is 0 Å². The van der Waals surface area contributed by atoms with E-state index < -0.39 is 0 Å². The van der Waals surface area contributed by atoms with Crippen molar-refractivity contribution >= 4 is 17.2 Å². The average molecular weight is 397 g/mol. The summed E-state index contributed by atoms with van der Waals surface area (Å²) in [5, 5.41) is 8.23. The molecule has 7 nitrogen and oxygen atoms in total. The van der Waals surface area contributed by atoms with Gasteiger partial charge in [-0.1, -0.05) is 23.7 Å². The SMILES string of the molecule is Cc1nc(C)n([C@@H](C)Cc2cc(=O)n3[nH]c(-c4cccc(Cl)c4)c(C)c3n2)n1. The van der Waals surface area contributed by atoms with Gasteiger partial charge < -0.3 is 0 Å². The van der Waals surface area contributed by atoms with Crippen molar-refractivity contribution in [3.05, 3.63) is 68.6 Å². The zero-order valence-electron chi connectivity index (χ0n) is 16.2. The average Bonchev–Trinajstić information content (AvgIpc) is 3.15. The number of benzene rings is 1. The summed E-state index contributed by atoms with van der Waals surface area (Å²) in [5.74, 6) is 1.59. The van der Waals surface area contributed by atoms with Crippen LogP contribution in [0.15, 0.2) is 35.1 Å². The first-order valence-electron chi connectivity index (χ1n) is 9.10. The molecule has 0 fully saturated rings. The van der Waals surface area contributed by atoms with Crippen molar-refractivity contribution in [3.8, 4) is 11.3 Å². The van der Waals surface area contributed by atoms with Crippen molar-refractivity contribution in [2.45, 2.75) is 40.2 Å². The molecule has 0 spiro atoms. The van der Waals surface area contributed by atoms with Gasteiger partial charge in [-0.05, 0) is 39.8 Å². The Morgan fingerprint density at radius 3 is 2.64 bits per heavy atom. The van der Waals surface area contributed by atoms with E-state index in [1.807, 2.05) is 56.6 Å². The molecule has 0 saturated carbocycles. The summed E-state index contributed by atoms with van der Waals surface area (Å²) in [6.45, 7) is 7.79. The van der Waals surface area contributed by atoms with Crippen LogP contribution >= 0.6 is 11.6 Å². The Morgan fingerprint density at radius 2 is 1.96 bits per heavy atom. The highest BCUT2D eigenvalue weighted by Crippen LogP contribution is 2.26. The predicted octanol–water partition coefficient (Wildman–Crippen LogP) is 3.66. The van der Waals surface area contributed by atoms with Crippen molar-refractivity contribution < 1.29 is 0 Å². The monoisotopic (exact) mass is 396 g/mol. The van der Waals surface area contributed by atoms with Crippen molar-refractivity contribution in [2.75, 3.05) is 0 Å². The molecule has 1 N–H and O–H groups in total. The lowest BCUT2D eigenvalue weighted by Crippen LogP contribution is -2.18. The van der Waals surface area contributed by atoms with Crippen molar-refractivity contribution in [1.29, 1.82) is 0 Å². The first-order valence-corrected chi connectivity index (χ1v) is 9.48. The Labute approximate surface area is 167 Å². The summed E-state index contributed by atoms with van der Waals surface area (Å²) in [6.07, 6.45) is 0.590. The quantitative estimate of drug-likeness (QED) is 0.570. The highest BCUT2D eigenvalue weighted by molar-refractivity contribution is 6.30. The van der Waals surface area contributed by atoms with E-state index in [2.05, 4.69) is 15.2 Å². The molecule has 0 bridgehead atoms. The second kappa shape index (κ2) is 6.91. The molecule has 0 aliphatic carbocycles. The molecular formula is C20H21ClN6O. The third-order valence-corrected chi connectivity index (χ3v) is 5.08. The van der Waals surface area contributed by atoms with Crippen LogP contribution < -0.4 is 5.56 Å². The van der Waals surface area contributed by atoms with Gasteiger partial charge in [0.05, 0.1) is 17.4 Å². The zero-order chi connectivity index (χ0) is 20.0. The number of rotatable bonds is 4. The molecule has 1 atom stereocenters. The summed E-state index contributed by atoms with van der Waals surface area (Å²) in [7, 11) is 0. The molecule has 4 rings (SSSR count). The summed E-state index contributed by atoms with van der Waals surface area (Å²) in [6, 6.07) is 9.13. The van der Waals surface area contributed by atoms with Crippen molar-refractivity contribution in [1.82, 2.24) is 29.4 Å². The molecule has 3 heterocycles. The van der Waals surface area contributed by atoms with Crippen LogP contribution in [0.25, 0.3) is 16.9 Å². The van der Waals surface area contributed by atoms with Crippen LogP contribution in [0.3, 0.4) is 0 Å². The lowest BCUT2D eigenvalue weighted by atomic mass is 10.1. The fourth-order valence-corrected chi connectivity index (χ4v) is 3.76. The molecule has 0 aliphatic heterocycles. The molecule has 0 unspecified atom stereocenters. The topological polar surface area (TPSA) is 80.9 Å². The number of nitrogens with one attached hydrogen (secondary N) is 1. The molecule has 1 aromatic carbocycles. The standard InChI is InChI=1S/C20H21ClN6O/c1-11(26-14(4)22-13(3)24-26)8-17-10-18(28)27-20(23-17)12(2)19(25-27)15-6-5-7-16(21)9-15/h5-7,9-11,25H,8H2,1-4H3/t11-/m0/s1. The molecular weight excluding hydrogens is 376 g/mol. The smallest absolute Gasteiger partial charge is 0.272 e.